The van der Waals surface area contributed by atoms with Gasteiger partial charge in [0.1, 0.15) is 0 Å². The van der Waals surface area contributed by atoms with E-state index in [-0.39, 0.29) is 0 Å². The largest absolute Gasteiger partial charge is 0.481 e. The minimum atomic E-state index is 0.689. The van der Waals surface area contributed by atoms with Crippen LogP contribution in [0.1, 0.15) is 31.2 Å². The van der Waals surface area contributed by atoms with Gasteiger partial charge in [0.2, 0.25) is 5.88 Å². The van der Waals surface area contributed by atoms with Gasteiger partial charge in [-0.3, -0.25) is 0 Å². The summed E-state index contributed by atoms with van der Waals surface area (Å²) in [5.74, 6) is 2.63. The second kappa shape index (κ2) is 4.65. The quantitative estimate of drug-likeness (QED) is 0.865. The standard InChI is InChI=1S/C14H20N2O/c1-17-14-5-3-11(9-16-14)8-15-13-7-10-2-4-12(13)6-10/h3,5,9-10,12-13,15H,2,4,6-8H2,1H3. The van der Waals surface area contributed by atoms with Gasteiger partial charge < -0.3 is 10.1 Å². The van der Waals surface area contributed by atoms with Crippen LogP contribution in [0.5, 0.6) is 5.88 Å². The number of fused-ring (bicyclic) bond motifs is 2. The summed E-state index contributed by atoms with van der Waals surface area (Å²) in [6.07, 6.45) is 7.64. The Bertz CT molecular complexity index is 376. The molecule has 1 aromatic heterocycles. The minimum Gasteiger partial charge on any atom is -0.481 e. The van der Waals surface area contributed by atoms with Crippen LogP contribution >= 0.6 is 0 Å². The van der Waals surface area contributed by atoms with Gasteiger partial charge in [0.05, 0.1) is 7.11 Å². The van der Waals surface area contributed by atoms with Crippen LogP contribution in [-0.4, -0.2) is 18.1 Å². The normalized spacial score (nSPS) is 30.8. The van der Waals surface area contributed by atoms with Gasteiger partial charge in [-0.25, -0.2) is 4.98 Å². The molecule has 0 radical (unpaired) electrons. The highest BCUT2D eigenvalue weighted by Gasteiger charge is 2.38. The summed E-state index contributed by atoms with van der Waals surface area (Å²) in [5, 5.41) is 3.69. The molecule has 1 N–H and O–H groups in total. The van der Waals surface area contributed by atoms with Crippen molar-refractivity contribution in [1.29, 1.82) is 0 Å². The highest BCUT2D eigenvalue weighted by molar-refractivity contribution is 5.17. The average Bonchev–Trinajstić information content (AvgIpc) is 2.99. The number of ether oxygens (including phenoxy) is 1. The summed E-state index contributed by atoms with van der Waals surface area (Å²) in [6.45, 7) is 0.935. The van der Waals surface area contributed by atoms with Crippen molar-refractivity contribution in [2.75, 3.05) is 7.11 Å². The Kier molecular flexibility index (Phi) is 3.02. The van der Waals surface area contributed by atoms with E-state index in [1.165, 1.54) is 31.2 Å². The van der Waals surface area contributed by atoms with Crippen LogP contribution in [0.3, 0.4) is 0 Å². The number of rotatable bonds is 4. The molecule has 17 heavy (non-hydrogen) atoms. The summed E-state index contributed by atoms with van der Waals surface area (Å²) < 4.78 is 5.06. The molecule has 3 unspecified atom stereocenters. The predicted octanol–water partition coefficient (Wildman–Crippen LogP) is 2.37. The molecule has 3 heteroatoms. The molecule has 2 saturated carbocycles. The van der Waals surface area contributed by atoms with Gasteiger partial charge in [0, 0.05) is 24.8 Å². The maximum atomic E-state index is 5.06. The third-order valence-electron chi connectivity index (χ3n) is 4.31. The molecule has 2 fully saturated rings. The zero-order valence-electron chi connectivity index (χ0n) is 10.4. The van der Waals surface area contributed by atoms with E-state index < -0.39 is 0 Å². The lowest BCUT2D eigenvalue weighted by molar-refractivity contribution is 0.350. The maximum Gasteiger partial charge on any atom is 0.212 e. The van der Waals surface area contributed by atoms with E-state index in [9.17, 15) is 0 Å². The van der Waals surface area contributed by atoms with E-state index in [1.54, 1.807) is 7.11 Å². The summed E-state index contributed by atoms with van der Waals surface area (Å²) in [4.78, 5) is 4.23. The minimum absolute atomic E-state index is 0.689. The van der Waals surface area contributed by atoms with Crippen molar-refractivity contribution in [3.05, 3.63) is 23.9 Å². The van der Waals surface area contributed by atoms with Crippen LogP contribution in [0.2, 0.25) is 0 Å². The second-order valence-electron chi connectivity index (χ2n) is 5.37. The number of hydrogen-bond acceptors (Lipinski definition) is 3. The number of nitrogens with zero attached hydrogens (tertiary/aromatic N) is 1. The number of methoxy groups -OCH3 is 1. The summed E-state index contributed by atoms with van der Waals surface area (Å²) in [5.41, 5.74) is 1.24. The molecule has 2 aliphatic rings. The van der Waals surface area contributed by atoms with Gasteiger partial charge in [0.15, 0.2) is 0 Å². The molecule has 0 aliphatic heterocycles. The molecule has 2 aliphatic carbocycles. The van der Waals surface area contributed by atoms with Crippen molar-refractivity contribution >= 4 is 0 Å². The van der Waals surface area contributed by atoms with Gasteiger partial charge in [-0.15, -0.1) is 0 Å². The fourth-order valence-electron chi connectivity index (χ4n) is 3.38. The first-order chi connectivity index (χ1) is 8.35. The molecule has 1 aromatic rings. The third-order valence-corrected chi connectivity index (χ3v) is 4.31. The van der Waals surface area contributed by atoms with Crippen LogP contribution in [-0.2, 0) is 6.54 Å². The summed E-state index contributed by atoms with van der Waals surface area (Å²) in [7, 11) is 1.65. The highest BCUT2D eigenvalue weighted by atomic mass is 16.5. The average molecular weight is 232 g/mol. The number of nitrogens with one attached hydrogen (secondary N) is 1. The van der Waals surface area contributed by atoms with Crippen LogP contribution in [0.25, 0.3) is 0 Å². The van der Waals surface area contributed by atoms with Crippen molar-refractivity contribution in [3.63, 3.8) is 0 Å². The van der Waals surface area contributed by atoms with Crippen LogP contribution < -0.4 is 10.1 Å². The Morgan fingerprint density at radius 1 is 1.35 bits per heavy atom. The Morgan fingerprint density at radius 2 is 2.29 bits per heavy atom. The fraction of sp³-hybridized carbons (Fsp3) is 0.643. The third kappa shape index (κ3) is 2.29. The first kappa shape index (κ1) is 11.0. The van der Waals surface area contributed by atoms with Gasteiger partial charge in [0.25, 0.3) is 0 Å². The maximum absolute atomic E-state index is 5.06. The molecule has 0 aromatic carbocycles. The molecule has 3 atom stereocenters. The second-order valence-corrected chi connectivity index (χ2v) is 5.37. The van der Waals surface area contributed by atoms with Crippen molar-refractivity contribution < 1.29 is 4.74 Å². The van der Waals surface area contributed by atoms with Crippen molar-refractivity contribution in [2.45, 2.75) is 38.3 Å². The van der Waals surface area contributed by atoms with Crippen molar-refractivity contribution in [1.82, 2.24) is 10.3 Å². The zero-order valence-corrected chi connectivity index (χ0v) is 10.4. The Balaban J connectivity index is 1.53. The molecule has 92 valence electrons. The first-order valence-electron chi connectivity index (χ1n) is 6.57. The van der Waals surface area contributed by atoms with Crippen LogP contribution in [0, 0.1) is 11.8 Å². The predicted molar refractivity (Wildman–Crippen MR) is 66.9 cm³/mol. The van der Waals surface area contributed by atoms with Crippen molar-refractivity contribution in [3.8, 4) is 5.88 Å². The lowest BCUT2D eigenvalue weighted by atomic mass is 9.95. The molecule has 0 saturated heterocycles. The fourth-order valence-corrected chi connectivity index (χ4v) is 3.38. The first-order valence-corrected chi connectivity index (χ1v) is 6.57. The van der Waals surface area contributed by atoms with Crippen LogP contribution in [0.15, 0.2) is 18.3 Å². The van der Waals surface area contributed by atoms with Gasteiger partial charge in [-0.1, -0.05) is 12.5 Å². The van der Waals surface area contributed by atoms with Crippen LogP contribution in [0.4, 0.5) is 0 Å². The topological polar surface area (TPSA) is 34.1 Å². The zero-order chi connectivity index (χ0) is 11.7. The molecule has 0 spiro atoms. The Labute approximate surface area is 103 Å². The van der Waals surface area contributed by atoms with E-state index in [0.29, 0.717) is 5.88 Å². The SMILES string of the molecule is COc1ccc(CNC2CC3CCC2C3)cn1. The van der Waals surface area contributed by atoms with E-state index >= 15 is 0 Å². The molecule has 3 rings (SSSR count). The van der Waals surface area contributed by atoms with Crippen molar-refractivity contribution in [2.24, 2.45) is 11.8 Å². The van der Waals surface area contributed by atoms with E-state index in [4.69, 9.17) is 4.74 Å². The number of aromatic nitrogens is 1. The van der Waals surface area contributed by atoms with Gasteiger partial charge in [-0.2, -0.15) is 0 Å². The molecular weight excluding hydrogens is 212 g/mol. The lowest BCUT2D eigenvalue weighted by Crippen LogP contribution is -2.33. The lowest BCUT2D eigenvalue weighted by Gasteiger charge is -2.22. The summed E-state index contributed by atoms with van der Waals surface area (Å²) >= 11 is 0. The number of pyridine rings is 1. The highest BCUT2D eigenvalue weighted by Crippen LogP contribution is 2.44. The van der Waals surface area contributed by atoms with Gasteiger partial charge in [-0.05, 0) is 36.7 Å². The molecule has 1 heterocycles. The Hall–Kier alpha value is -1.09. The molecule has 0 amide bonds. The van der Waals surface area contributed by atoms with E-state index in [2.05, 4.69) is 16.4 Å². The molecular formula is C14H20N2O. The van der Waals surface area contributed by atoms with E-state index in [1.807, 2.05) is 12.3 Å². The monoisotopic (exact) mass is 232 g/mol. The van der Waals surface area contributed by atoms with Gasteiger partial charge >= 0.3 is 0 Å². The molecule has 2 bridgehead atoms. The smallest absolute Gasteiger partial charge is 0.212 e. The number of hydrogen-bond donors (Lipinski definition) is 1. The molecule has 3 nitrogen and oxygen atoms in total. The summed E-state index contributed by atoms with van der Waals surface area (Å²) in [6, 6.07) is 4.76. The Morgan fingerprint density at radius 3 is 2.88 bits per heavy atom. The van der Waals surface area contributed by atoms with E-state index in [0.717, 1.165) is 24.4 Å².